The molecule has 1 aliphatic heterocycles. The average Bonchev–Trinajstić information content (AvgIpc) is 2.69. The highest BCUT2D eigenvalue weighted by atomic mass is 35.5. The van der Waals surface area contributed by atoms with E-state index in [-0.39, 0.29) is 28.4 Å². The van der Waals surface area contributed by atoms with Gasteiger partial charge < -0.3 is 10.5 Å². The van der Waals surface area contributed by atoms with Crippen molar-refractivity contribution >= 4 is 44.6 Å². The standard InChI is InChI=1S/C9H12Cl2N2O3S2/c10-8-3-7(9(11)17-8)18(14,15)13-1-2-16-6(4-12)5-13/h3,6H,1-2,4-5,12H2. The molecule has 0 radical (unpaired) electrons. The number of sulfonamides is 1. The van der Waals surface area contributed by atoms with Crippen LogP contribution in [0.15, 0.2) is 11.0 Å². The lowest BCUT2D eigenvalue weighted by Crippen LogP contribution is -2.48. The Morgan fingerprint density at radius 1 is 1.56 bits per heavy atom. The Kier molecular flexibility index (Phi) is 4.53. The first-order chi connectivity index (χ1) is 8.45. The highest BCUT2D eigenvalue weighted by Crippen LogP contribution is 2.36. The van der Waals surface area contributed by atoms with E-state index in [0.717, 1.165) is 11.3 Å². The Hall–Kier alpha value is 0.110. The van der Waals surface area contributed by atoms with Crippen molar-refractivity contribution in [1.82, 2.24) is 4.31 Å². The number of nitrogens with two attached hydrogens (primary N) is 1. The molecule has 9 heteroatoms. The van der Waals surface area contributed by atoms with Gasteiger partial charge in [-0.3, -0.25) is 0 Å². The molecule has 0 bridgehead atoms. The first-order valence-corrected chi connectivity index (χ1v) is 8.23. The van der Waals surface area contributed by atoms with Gasteiger partial charge in [0.2, 0.25) is 10.0 Å². The third kappa shape index (κ3) is 2.82. The third-order valence-electron chi connectivity index (χ3n) is 2.61. The summed E-state index contributed by atoms with van der Waals surface area (Å²) in [6.45, 7) is 1.14. The highest BCUT2D eigenvalue weighted by Gasteiger charge is 2.32. The second-order valence-corrected chi connectivity index (χ2v) is 7.97. The number of ether oxygens (including phenoxy) is 1. The zero-order chi connectivity index (χ0) is 13.3. The minimum absolute atomic E-state index is 0.0526. The van der Waals surface area contributed by atoms with Crippen molar-refractivity contribution in [3.8, 4) is 0 Å². The number of hydrogen-bond donors (Lipinski definition) is 1. The Labute approximate surface area is 119 Å². The summed E-state index contributed by atoms with van der Waals surface area (Å²) in [5.74, 6) is 0. The number of morpholine rings is 1. The van der Waals surface area contributed by atoms with E-state index in [2.05, 4.69) is 0 Å². The minimum atomic E-state index is -3.62. The first kappa shape index (κ1) is 14.5. The monoisotopic (exact) mass is 330 g/mol. The molecule has 18 heavy (non-hydrogen) atoms. The fourth-order valence-corrected chi connectivity index (χ4v) is 5.26. The van der Waals surface area contributed by atoms with E-state index < -0.39 is 10.0 Å². The predicted octanol–water partition coefficient (Wildman–Crippen LogP) is 1.40. The predicted molar refractivity (Wildman–Crippen MR) is 71.9 cm³/mol. The Morgan fingerprint density at radius 2 is 2.28 bits per heavy atom. The molecule has 0 aliphatic carbocycles. The van der Waals surface area contributed by atoms with Crippen LogP contribution in [-0.2, 0) is 14.8 Å². The van der Waals surface area contributed by atoms with E-state index in [1.165, 1.54) is 10.4 Å². The zero-order valence-electron chi connectivity index (χ0n) is 9.30. The summed E-state index contributed by atoms with van der Waals surface area (Å²) < 4.78 is 31.9. The lowest BCUT2D eigenvalue weighted by Gasteiger charge is -2.31. The van der Waals surface area contributed by atoms with Gasteiger partial charge in [-0.25, -0.2) is 8.42 Å². The topological polar surface area (TPSA) is 72.6 Å². The number of nitrogens with zero attached hydrogens (tertiary/aromatic N) is 1. The van der Waals surface area contributed by atoms with Crippen LogP contribution in [0.1, 0.15) is 0 Å². The fourth-order valence-electron chi connectivity index (χ4n) is 1.69. The van der Waals surface area contributed by atoms with Crippen LogP contribution >= 0.6 is 34.5 Å². The van der Waals surface area contributed by atoms with E-state index in [1.54, 1.807) is 0 Å². The molecular weight excluding hydrogens is 319 g/mol. The van der Waals surface area contributed by atoms with Gasteiger partial charge in [-0.2, -0.15) is 4.31 Å². The Balaban J connectivity index is 2.28. The summed E-state index contributed by atoms with van der Waals surface area (Å²) in [4.78, 5) is 0.0526. The maximum absolute atomic E-state index is 12.4. The van der Waals surface area contributed by atoms with Gasteiger partial charge in [-0.05, 0) is 6.07 Å². The van der Waals surface area contributed by atoms with Crippen LogP contribution in [0.25, 0.3) is 0 Å². The number of halogens is 2. The van der Waals surface area contributed by atoms with E-state index >= 15 is 0 Å². The van der Waals surface area contributed by atoms with E-state index in [4.69, 9.17) is 33.7 Å². The summed E-state index contributed by atoms with van der Waals surface area (Å²) in [5, 5.41) is 0. The van der Waals surface area contributed by atoms with Gasteiger partial charge in [0.15, 0.2) is 0 Å². The van der Waals surface area contributed by atoms with Gasteiger partial charge in [-0.1, -0.05) is 23.2 Å². The van der Waals surface area contributed by atoms with E-state index in [9.17, 15) is 8.42 Å². The number of rotatable bonds is 3. The summed E-state index contributed by atoms with van der Waals surface area (Å²) >= 11 is 12.7. The van der Waals surface area contributed by atoms with Crippen LogP contribution in [0.2, 0.25) is 8.67 Å². The van der Waals surface area contributed by atoms with Gasteiger partial charge in [0.1, 0.15) is 9.23 Å². The summed E-state index contributed by atoms with van der Waals surface area (Å²) in [7, 11) is -3.62. The van der Waals surface area contributed by atoms with Gasteiger partial charge in [0.25, 0.3) is 0 Å². The molecule has 0 spiro atoms. The molecule has 2 N–H and O–H groups in total. The lowest BCUT2D eigenvalue weighted by atomic mass is 10.3. The Morgan fingerprint density at radius 3 is 2.83 bits per heavy atom. The average molecular weight is 331 g/mol. The lowest BCUT2D eigenvalue weighted by molar-refractivity contribution is 0.00451. The van der Waals surface area contributed by atoms with Gasteiger partial charge in [-0.15, -0.1) is 11.3 Å². The quantitative estimate of drug-likeness (QED) is 0.909. The van der Waals surface area contributed by atoms with Crippen molar-refractivity contribution in [2.45, 2.75) is 11.0 Å². The fraction of sp³-hybridized carbons (Fsp3) is 0.556. The molecule has 102 valence electrons. The molecule has 1 aromatic rings. The molecule has 0 amide bonds. The molecule has 0 saturated carbocycles. The second kappa shape index (κ2) is 5.62. The third-order valence-corrected chi connectivity index (χ3v) is 6.23. The highest BCUT2D eigenvalue weighted by molar-refractivity contribution is 7.89. The second-order valence-electron chi connectivity index (χ2n) is 3.78. The van der Waals surface area contributed by atoms with Crippen LogP contribution in [0.3, 0.4) is 0 Å². The molecule has 1 aliphatic rings. The van der Waals surface area contributed by atoms with Crippen LogP contribution in [0.4, 0.5) is 0 Å². The number of hydrogen-bond acceptors (Lipinski definition) is 5. The molecule has 5 nitrogen and oxygen atoms in total. The molecule has 1 aromatic heterocycles. The largest absolute Gasteiger partial charge is 0.374 e. The van der Waals surface area contributed by atoms with Crippen molar-refractivity contribution in [1.29, 1.82) is 0 Å². The van der Waals surface area contributed by atoms with Crippen LogP contribution in [0.5, 0.6) is 0 Å². The molecule has 1 unspecified atom stereocenters. The van der Waals surface area contributed by atoms with E-state index in [1.807, 2.05) is 0 Å². The van der Waals surface area contributed by atoms with Crippen molar-refractivity contribution in [3.05, 3.63) is 14.7 Å². The molecule has 2 heterocycles. The van der Waals surface area contributed by atoms with Crippen molar-refractivity contribution < 1.29 is 13.2 Å². The van der Waals surface area contributed by atoms with Crippen LogP contribution < -0.4 is 5.73 Å². The molecule has 0 aromatic carbocycles. The maximum atomic E-state index is 12.4. The smallest absolute Gasteiger partial charge is 0.245 e. The van der Waals surface area contributed by atoms with Gasteiger partial charge >= 0.3 is 0 Å². The SMILES string of the molecule is NCC1CN(S(=O)(=O)c2cc(Cl)sc2Cl)CCO1. The first-order valence-electron chi connectivity index (χ1n) is 5.22. The van der Waals surface area contributed by atoms with Gasteiger partial charge in [0.05, 0.1) is 17.0 Å². The van der Waals surface area contributed by atoms with Crippen molar-refractivity contribution in [2.24, 2.45) is 5.73 Å². The maximum Gasteiger partial charge on any atom is 0.245 e. The summed E-state index contributed by atoms with van der Waals surface area (Å²) in [5.41, 5.74) is 5.49. The molecule has 2 rings (SSSR count). The zero-order valence-corrected chi connectivity index (χ0v) is 12.4. The summed E-state index contributed by atoms with van der Waals surface area (Å²) in [6.07, 6.45) is -0.276. The molecular formula is C9H12Cl2N2O3S2. The van der Waals surface area contributed by atoms with Crippen molar-refractivity contribution in [2.75, 3.05) is 26.2 Å². The molecule has 1 saturated heterocycles. The van der Waals surface area contributed by atoms with Crippen molar-refractivity contribution in [3.63, 3.8) is 0 Å². The Bertz CT molecular complexity index is 532. The van der Waals surface area contributed by atoms with E-state index in [0.29, 0.717) is 17.5 Å². The molecule has 1 fully saturated rings. The number of thiophene rings is 1. The summed E-state index contributed by atoms with van der Waals surface area (Å²) in [6, 6.07) is 1.37. The van der Waals surface area contributed by atoms with Crippen LogP contribution in [-0.4, -0.2) is 45.1 Å². The molecule has 1 atom stereocenters. The van der Waals surface area contributed by atoms with Gasteiger partial charge in [0, 0.05) is 19.6 Å². The van der Waals surface area contributed by atoms with Crippen LogP contribution in [0, 0.1) is 0 Å². The normalized spacial score (nSPS) is 22.3. The minimum Gasteiger partial charge on any atom is -0.374 e.